The highest BCUT2D eigenvalue weighted by Crippen LogP contribution is 2.31. The molecule has 3 rings (SSSR count). The summed E-state index contributed by atoms with van der Waals surface area (Å²) < 4.78 is 2.21. The average molecular weight is 248 g/mol. The Hall–Kier alpha value is -0.870. The number of imidazole rings is 1. The summed E-state index contributed by atoms with van der Waals surface area (Å²) in [6.07, 6.45) is 8.19. The summed E-state index contributed by atoms with van der Waals surface area (Å²) in [5.74, 6) is 2.00. The van der Waals surface area contributed by atoms with Gasteiger partial charge < -0.3 is 14.8 Å². The predicted octanol–water partition coefficient (Wildman–Crippen LogP) is 1.48. The van der Waals surface area contributed by atoms with Crippen LogP contribution in [-0.2, 0) is 13.1 Å². The monoisotopic (exact) mass is 248 g/mol. The Balaban J connectivity index is 1.39. The van der Waals surface area contributed by atoms with Gasteiger partial charge in [-0.3, -0.25) is 0 Å². The van der Waals surface area contributed by atoms with Gasteiger partial charge in [-0.1, -0.05) is 0 Å². The third-order valence-corrected chi connectivity index (χ3v) is 4.24. The fraction of sp³-hybridized carbons (Fsp3) is 0.786. The Morgan fingerprint density at radius 1 is 1.39 bits per heavy atom. The Morgan fingerprint density at radius 3 is 3.06 bits per heavy atom. The summed E-state index contributed by atoms with van der Waals surface area (Å²) in [6.45, 7) is 7.84. The molecule has 4 heteroatoms. The number of likely N-dealkylation sites (tertiary alicyclic amines) is 1. The van der Waals surface area contributed by atoms with Crippen molar-refractivity contribution in [2.45, 2.75) is 45.3 Å². The molecule has 0 bridgehead atoms. The summed E-state index contributed by atoms with van der Waals surface area (Å²) in [6, 6.07) is 0.939. The lowest BCUT2D eigenvalue weighted by Crippen LogP contribution is -2.28. The second kappa shape index (κ2) is 5.41. The fourth-order valence-corrected chi connectivity index (χ4v) is 2.98. The van der Waals surface area contributed by atoms with Crippen LogP contribution in [0, 0.1) is 5.92 Å². The van der Waals surface area contributed by atoms with E-state index in [0.29, 0.717) is 0 Å². The van der Waals surface area contributed by atoms with Crippen molar-refractivity contribution in [3.63, 3.8) is 0 Å². The van der Waals surface area contributed by atoms with Crippen LogP contribution in [0.5, 0.6) is 0 Å². The Kier molecular flexibility index (Phi) is 3.66. The van der Waals surface area contributed by atoms with Crippen LogP contribution in [-0.4, -0.2) is 40.1 Å². The van der Waals surface area contributed by atoms with Crippen LogP contribution in [0.4, 0.5) is 0 Å². The van der Waals surface area contributed by atoms with Gasteiger partial charge in [-0.05, 0) is 45.2 Å². The molecule has 2 aliphatic rings. The molecule has 1 atom stereocenters. The molecule has 1 aromatic rings. The second-order valence-corrected chi connectivity index (χ2v) is 5.64. The molecule has 1 N–H and O–H groups in total. The number of aryl methyl sites for hydroxylation is 1. The minimum Gasteiger partial charge on any atom is -0.334 e. The van der Waals surface area contributed by atoms with Gasteiger partial charge in [0.05, 0.1) is 6.54 Å². The van der Waals surface area contributed by atoms with Gasteiger partial charge in [-0.2, -0.15) is 0 Å². The SMILES string of the molecule is CCn1ccnc1CNCC1CCN(C2CC2)C1. The van der Waals surface area contributed by atoms with Crippen LogP contribution in [0.3, 0.4) is 0 Å². The highest BCUT2D eigenvalue weighted by atomic mass is 15.2. The third-order valence-electron chi connectivity index (χ3n) is 4.24. The number of nitrogens with one attached hydrogen (secondary N) is 1. The summed E-state index contributed by atoms with van der Waals surface area (Å²) >= 11 is 0. The maximum atomic E-state index is 4.39. The molecule has 1 aliphatic carbocycles. The lowest BCUT2D eigenvalue weighted by molar-refractivity contribution is 0.311. The van der Waals surface area contributed by atoms with E-state index in [2.05, 4.69) is 32.9 Å². The van der Waals surface area contributed by atoms with E-state index < -0.39 is 0 Å². The lowest BCUT2D eigenvalue weighted by Gasteiger charge is -2.15. The number of aromatic nitrogens is 2. The Bertz CT molecular complexity index is 383. The maximum absolute atomic E-state index is 4.39. The van der Waals surface area contributed by atoms with Gasteiger partial charge in [-0.25, -0.2) is 4.98 Å². The molecular formula is C14H24N4. The molecule has 1 aliphatic heterocycles. The van der Waals surface area contributed by atoms with Crippen LogP contribution >= 0.6 is 0 Å². The van der Waals surface area contributed by atoms with Gasteiger partial charge in [0.15, 0.2) is 0 Å². The molecular weight excluding hydrogens is 224 g/mol. The fourth-order valence-electron chi connectivity index (χ4n) is 2.98. The zero-order chi connectivity index (χ0) is 12.4. The van der Waals surface area contributed by atoms with Gasteiger partial charge in [0, 0.05) is 31.5 Å². The van der Waals surface area contributed by atoms with Crippen molar-refractivity contribution in [2.24, 2.45) is 5.92 Å². The first kappa shape index (κ1) is 12.2. The van der Waals surface area contributed by atoms with E-state index in [1.807, 2.05) is 6.20 Å². The van der Waals surface area contributed by atoms with Crippen LogP contribution in [0.15, 0.2) is 12.4 Å². The van der Waals surface area contributed by atoms with E-state index in [0.717, 1.165) is 37.4 Å². The smallest absolute Gasteiger partial charge is 0.122 e. The largest absolute Gasteiger partial charge is 0.334 e. The molecule has 0 spiro atoms. The van der Waals surface area contributed by atoms with E-state index in [1.165, 1.54) is 32.4 Å². The molecule has 1 saturated heterocycles. The van der Waals surface area contributed by atoms with E-state index >= 15 is 0 Å². The molecule has 1 aromatic heterocycles. The zero-order valence-electron chi connectivity index (χ0n) is 11.3. The van der Waals surface area contributed by atoms with Crippen molar-refractivity contribution in [3.8, 4) is 0 Å². The van der Waals surface area contributed by atoms with Gasteiger partial charge in [0.1, 0.15) is 5.82 Å². The molecule has 4 nitrogen and oxygen atoms in total. The number of hydrogen-bond donors (Lipinski definition) is 1. The summed E-state index contributed by atoms with van der Waals surface area (Å²) in [5.41, 5.74) is 0. The van der Waals surface area contributed by atoms with Gasteiger partial charge in [0.25, 0.3) is 0 Å². The van der Waals surface area contributed by atoms with Gasteiger partial charge in [-0.15, -0.1) is 0 Å². The number of nitrogens with zero attached hydrogens (tertiary/aromatic N) is 3. The van der Waals surface area contributed by atoms with E-state index in [-0.39, 0.29) is 0 Å². The van der Waals surface area contributed by atoms with Crippen LogP contribution in [0.25, 0.3) is 0 Å². The van der Waals surface area contributed by atoms with Crippen molar-refractivity contribution in [1.82, 2.24) is 19.8 Å². The molecule has 100 valence electrons. The summed E-state index contributed by atoms with van der Waals surface area (Å²) in [5, 5.41) is 3.57. The first-order valence-corrected chi connectivity index (χ1v) is 7.31. The van der Waals surface area contributed by atoms with Gasteiger partial charge in [0.2, 0.25) is 0 Å². The Morgan fingerprint density at radius 2 is 2.28 bits per heavy atom. The normalized spacial score (nSPS) is 24.8. The topological polar surface area (TPSA) is 33.1 Å². The molecule has 2 fully saturated rings. The molecule has 0 amide bonds. The lowest BCUT2D eigenvalue weighted by atomic mass is 10.1. The van der Waals surface area contributed by atoms with Crippen molar-refractivity contribution < 1.29 is 0 Å². The second-order valence-electron chi connectivity index (χ2n) is 5.64. The first-order valence-electron chi connectivity index (χ1n) is 7.31. The zero-order valence-corrected chi connectivity index (χ0v) is 11.3. The van der Waals surface area contributed by atoms with Crippen molar-refractivity contribution >= 4 is 0 Å². The number of rotatable bonds is 6. The molecule has 18 heavy (non-hydrogen) atoms. The summed E-state index contributed by atoms with van der Waals surface area (Å²) in [4.78, 5) is 7.07. The molecule has 2 heterocycles. The van der Waals surface area contributed by atoms with Crippen LogP contribution in [0.2, 0.25) is 0 Å². The molecule has 1 unspecified atom stereocenters. The average Bonchev–Trinajstić information content (AvgIpc) is 2.96. The molecule has 1 saturated carbocycles. The van der Waals surface area contributed by atoms with Crippen LogP contribution in [0.1, 0.15) is 32.0 Å². The highest BCUT2D eigenvalue weighted by Gasteiger charge is 2.33. The van der Waals surface area contributed by atoms with Crippen molar-refractivity contribution in [1.29, 1.82) is 0 Å². The third kappa shape index (κ3) is 2.75. The van der Waals surface area contributed by atoms with E-state index in [4.69, 9.17) is 0 Å². The maximum Gasteiger partial charge on any atom is 0.122 e. The van der Waals surface area contributed by atoms with E-state index in [9.17, 15) is 0 Å². The summed E-state index contributed by atoms with van der Waals surface area (Å²) in [7, 11) is 0. The minimum absolute atomic E-state index is 0.843. The first-order chi connectivity index (χ1) is 8.86. The predicted molar refractivity (Wildman–Crippen MR) is 72.3 cm³/mol. The standard InChI is InChI=1S/C14H24N4/c1-2-17-8-6-16-14(17)10-15-9-12-5-7-18(11-12)13-3-4-13/h6,8,12-13,15H,2-5,7,9-11H2,1H3. The van der Waals surface area contributed by atoms with Gasteiger partial charge >= 0.3 is 0 Å². The number of hydrogen-bond acceptors (Lipinski definition) is 3. The Labute approximate surface area is 109 Å². The van der Waals surface area contributed by atoms with Crippen molar-refractivity contribution in [2.75, 3.05) is 19.6 Å². The minimum atomic E-state index is 0.843. The molecule has 0 aromatic carbocycles. The van der Waals surface area contributed by atoms with E-state index in [1.54, 1.807) is 0 Å². The highest BCUT2D eigenvalue weighted by molar-refractivity contribution is 4.93. The van der Waals surface area contributed by atoms with Crippen LogP contribution < -0.4 is 5.32 Å². The van der Waals surface area contributed by atoms with Crippen molar-refractivity contribution in [3.05, 3.63) is 18.2 Å². The quantitative estimate of drug-likeness (QED) is 0.828. The molecule has 0 radical (unpaired) electrons.